The first-order valence-corrected chi connectivity index (χ1v) is 11.3. The third-order valence-electron chi connectivity index (χ3n) is 6.17. The Labute approximate surface area is 190 Å². The Morgan fingerprint density at radius 3 is 2.12 bits per heavy atom. The number of piperidine rings is 1. The summed E-state index contributed by atoms with van der Waals surface area (Å²) >= 11 is 0. The van der Waals surface area contributed by atoms with Gasteiger partial charge in [-0.3, -0.25) is 9.97 Å². The van der Waals surface area contributed by atoms with Crippen molar-refractivity contribution in [2.45, 2.75) is 19.3 Å². The summed E-state index contributed by atoms with van der Waals surface area (Å²) in [5.41, 5.74) is 8.80. The fraction of sp³-hybridized carbons (Fsp3) is 0.172. The normalized spacial score (nSPS) is 13.8. The van der Waals surface area contributed by atoms with Crippen LogP contribution < -0.4 is 4.90 Å². The van der Waals surface area contributed by atoms with Gasteiger partial charge in [0.05, 0.1) is 11.4 Å². The van der Waals surface area contributed by atoms with Crippen molar-refractivity contribution in [3.63, 3.8) is 0 Å². The molecular formula is C29H27N3. The third kappa shape index (κ3) is 4.62. The molecule has 1 aliphatic heterocycles. The lowest BCUT2D eigenvalue weighted by Crippen LogP contribution is -2.31. The van der Waals surface area contributed by atoms with Crippen LogP contribution in [0.4, 0.5) is 5.69 Å². The van der Waals surface area contributed by atoms with Crippen molar-refractivity contribution < 1.29 is 0 Å². The van der Waals surface area contributed by atoms with Crippen molar-refractivity contribution in [2.75, 3.05) is 18.0 Å². The molecule has 0 atom stereocenters. The molecule has 0 spiro atoms. The first-order chi connectivity index (χ1) is 15.9. The van der Waals surface area contributed by atoms with Gasteiger partial charge in [-0.25, -0.2) is 0 Å². The molecule has 3 heterocycles. The molecule has 0 saturated carbocycles. The molecule has 4 aromatic rings. The van der Waals surface area contributed by atoms with Gasteiger partial charge in [0.25, 0.3) is 0 Å². The van der Waals surface area contributed by atoms with Crippen LogP contribution in [0.5, 0.6) is 0 Å². The van der Waals surface area contributed by atoms with Crippen LogP contribution >= 0.6 is 0 Å². The summed E-state index contributed by atoms with van der Waals surface area (Å²) < 4.78 is 0. The van der Waals surface area contributed by atoms with Crippen molar-refractivity contribution >= 4 is 5.69 Å². The lowest BCUT2D eigenvalue weighted by Gasteiger charge is -2.31. The average molecular weight is 418 g/mol. The standard InChI is InChI=1S/C29H27N3/c1-2-5-25(6-3-1)26-10-12-27(13-11-26)29-28(7-4-18-31-29)32-21-16-24(17-22-32)9-8-23-14-19-30-20-15-23/h1-7,9-15,18-20H,8,16-17,21-22H2. The van der Waals surface area contributed by atoms with Crippen LogP contribution in [0, 0.1) is 0 Å². The molecule has 5 rings (SSSR count). The fourth-order valence-electron chi connectivity index (χ4n) is 4.35. The number of hydrogen-bond acceptors (Lipinski definition) is 3. The van der Waals surface area contributed by atoms with E-state index in [4.69, 9.17) is 4.98 Å². The predicted molar refractivity (Wildman–Crippen MR) is 133 cm³/mol. The third-order valence-corrected chi connectivity index (χ3v) is 6.17. The number of aromatic nitrogens is 2. The Hall–Kier alpha value is -3.72. The zero-order valence-corrected chi connectivity index (χ0v) is 18.2. The van der Waals surface area contributed by atoms with E-state index in [1.165, 1.54) is 27.9 Å². The summed E-state index contributed by atoms with van der Waals surface area (Å²) in [5, 5.41) is 0. The van der Waals surface area contributed by atoms with Crippen LogP contribution in [-0.2, 0) is 6.42 Å². The largest absolute Gasteiger partial charge is 0.369 e. The first kappa shape index (κ1) is 20.2. The van der Waals surface area contributed by atoms with Gasteiger partial charge in [0, 0.05) is 37.2 Å². The second-order valence-corrected chi connectivity index (χ2v) is 8.22. The highest BCUT2D eigenvalue weighted by molar-refractivity contribution is 5.77. The van der Waals surface area contributed by atoms with Crippen molar-refractivity contribution in [3.05, 3.63) is 115 Å². The van der Waals surface area contributed by atoms with Gasteiger partial charge in [0.2, 0.25) is 0 Å². The smallest absolute Gasteiger partial charge is 0.0935 e. The monoisotopic (exact) mass is 417 g/mol. The molecule has 0 aliphatic carbocycles. The average Bonchev–Trinajstić information content (AvgIpc) is 2.89. The maximum absolute atomic E-state index is 4.76. The predicted octanol–water partition coefficient (Wildman–Crippen LogP) is 6.58. The van der Waals surface area contributed by atoms with Gasteiger partial charge in [-0.2, -0.15) is 0 Å². The molecule has 2 aromatic carbocycles. The number of allylic oxidation sites excluding steroid dienone is 1. The quantitative estimate of drug-likeness (QED) is 0.343. The van der Waals surface area contributed by atoms with Gasteiger partial charge in [-0.05, 0) is 60.2 Å². The summed E-state index contributed by atoms with van der Waals surface area (Å²) in [6.07, 6.45) is 11.2. The zero-order valence-electron chi connectivity index (χ0n) is 18.2. The number of nitrogens with zero attached hydrogens (tertiary/aromatic N) is 3. The number of anilines is 1. The van der Waals surface area contributed by atoms with Crippen LogP contribution in [-0.4, -0.2) is 23.1 Å². The minimum atomic E-state index is 0.990. The molecule has 3 nitrogen and oxygen atoms in total. The van der Waals surface area contributed by atoms with Gasteiger partial charge < -0.3 is 4.90 Å². The molecule has 1 saturated heterocycles. The lowest BCUT2D eigenvalue weighted by atomic mass is 9.99. The first-order valence-electron chi connectivity index (χ1n) is 11.3. The Morgan fingerprint density at radius 1 is 0.688 bits per heavy atom. The van der Waals surface area contributed by atoms with E-state index >= 15 is 0 Å². The minimum Gasteiger partial charge on any atom is -0.369 e. The van der Waals surface area contributed by atoms with Crippen molar-refractivity contribution in [3.8, 4) is 22.4 Å². The molecule has 2 aromatic heterocycles. The Morgan fingerprint density at radius 2 is 1.38 bits per heavy atom. The van der Waals surface area contributed by atoms with E-state index < -0.39 is 0 Å². The van der Waals surface area contributed by atoms with Crippen molar-refractivity contribution in [1.82, 2.24) is 9.97 Å². The number of pyridine rings is 2. The topological polar surface area (TPSA) is 29.0 Å². The van der Waals surface area contributed by atoms with E-state index in [9.17, 15) is 0 Å². The molecule has 0 radical (unpaired) electrons. The lowest BCUT2D eigenvalue weighted by molar-refractivity contribution is 0.681. The van der Waals surface area contributed by atoms with Crippen molar-refractivity contribution in [1.29, 1.82) is 0 Å². The van der Waals surface area contributed by atoms with E-state index in [-0.39, 0.29) is 0 Å². The van der Waals surface area contributed by atoms with E-state index in [1.54, 1.807) is 5.57 Å². The molecule has 158 valence electrons. The number of benzene rings is 2. The summed E-state index contributed by atoms with van der Waals surface area (Å²) in [6, 6.07) is 27.7. The van der Waals surface area contributed by atoms with E-state index in [0.717, 1.165) is 38.0 Å². The van der Waals surface area contributed by atoms with Crippen molar-refractivity contribution in [2.24, 2.45) is 0 Å². The van der Waals surface area contributed by atoms with Crippen LogP contribution in [0.15, 0.2) is 109 Å². The Balaban J connectivity index is 1.30. The molecule has 0 N–H and O–H groups in total. The van der Waals surface area contributed by atoms with Crippen LogP contribution in [0.3, 0.4) is 0 Å². The highest BCUT2D eigenvalue weighted by Gasteiger charge is 2.18. The summed E-state index contributed by atoms with van der Waals surface area (Å²) in [4.78, 5) is 11.3. The molecular weight excluding hydrogens is 390 g/mol. The highest BCUT2D eigenvalue weighted by atomic mass is 15.1. The molecule has 1 fully saturated rings. The molecule has 3 heteroatoms. The van der Waals surface area contributed by atoms with Gasteiger partial charge in [0.1, 0.15) is 0 Å². The second kappa shape index (κ2) is 9.61. The summed E-state index contributed by atoms with van der Waals surface area (Å²) in [7, 11) is 0. The van der Waals surface area contributed by atoms with Gasteiger partial charge in [0.15, 0.2) is 0 Å². The maximum atomic E-state index is 4.76. The molecule has 32 heavy (non-hydrogen) atoms. The van der Waals surface area contributed by atoms with Crippen LogP contribution in [0.25, 0.3) is 22.4 Å². The van der Waals surface area contributed by atoms with Crippen LogP contribution in [0.1, 0.15) is 18.4 Å². The van der Waals surface area contributed by atoms with Gasteiger partial charge in [-0.15, -0.1) is 0 Å². The van der Waals surface area contributed by atoms with E-state index in [0.29, 0.717) is 0 Å². The second-order valence-electron chi connectivity index (χ2n) is 8.22. The van der Waals surface area contributed by atoms with E-state index in [2.05, 4.69) is 88.8 Å². The van der Waals surface area contributed by atoms with E-state index in [1.807, 2.05) is 24.7 Å². The highest BCUT2D eigenvalue weighted by Crippen LogP contribution is 2.32. The SMILES string of the molecule is C(Cc1ccncc1)=C1CCN(c2cccnc2-c2ccc(-c3ccccc3)cc2)CC1. The number of rotatable bonds is 5. The van der Waals surface area contributed by atoms with Gasteiger partial charge >= 0.3 is 0 Å². The molecule has 1 aliphatic rings. The molecule has 0 amide bonds. The maximum Gasteiger partial charge on any atom is 0.0935 e. The van der Waals surface area contributed by atoms with Gasteiger partial charge in [-0.1, -0.05) is 66.2 Å². The Bertz CT molecular complexity index is 1170. The molecule has 0 unspecified atom stereocenters. The zero-order chi connectivity index (χ0) is 21.6. The number of hydrogen-bond donors (Lipinski definition) is 0. The minimum absolute atomic E-state index is 0.990. The summed E-state index contributed by atoms with van der Waals surface area (Å²) in [6.45, 7) is 2.06. The Kier molecular flexibility index (Phi) is 6.07. The fourth-order valence-corrected chi connectivity index (χ4v) is 4.35. The summed E-state index contributed by atoms with van der Waals surface area (Å²) in [5.74, 6) is 0. The van der Waals surface area contributed by atoms with Crippen LogP contribution in [0.2, 0.25) is 0 Å². The molecule has 0 bridgehead atoms.